The second kappa shape index (κ2) is 6.34. The van der Waals surface area contributed by atoms with E-state index in [-0.39, 0.29) is 5.78 Å². The topological polar surface area (TPSA) is 42.2 Å². The molecule has 0 saturated heterocycles. The second-order valence-electron chi connectivity index (χ2n) is 4.63. The first-order chi connectivity index (χ1) is 9.20. The van der Waals surface area contributed by atoms with Crippen LogP contribution >= 0.6 is 0 Å². The van der Waals surface area contributed by atoms with Gasteiger partial charge in [-0.25, -0.2) is 0 Å². The molecule has 3 nitrogen and oxygen atoms in total. The number of aliphatic hydroxyl groups excluding tert-OH is 1. The molecule has 0 amide bonds. The van der Waals surface area contributed by atoms with Gasteiger partial charge in [-0.15, -0.1) is 0 Å². The zero-order valence-corrected chi connectivity index (χ0v) is 11.1. The fraction of sp³-hybridized carbons (Fsp3) is 0.312. The molecule has 2 rings (SSSR count). The third kappa shape index (κ3) is 3.55. The number of carbonyl (C=O) groups is 1. The maximum Gasteiger partial charge on any atom is 0.164 e. The van der Waals surface area contributed by atoms with Crippen molar-refractivity contribution >= 4 is 5.78 Å². The highest BCUT2D eigenvalue weighted by atomic mass is 16.3. The Hall–Kier alpha value is -1.87. The number of aromatic nitrogens is 1. The molecule has 1 aromatic heterocycles. The van der Waals surface area contributed by atoms with Crippen LogP contribution in [0.2, 0.25) is 0 Å². The van der Waals surface area contributed by atoms with Crippen molar-refractivity contribution in [1.29, 1.82) is 0 Å². The van der Waals surface area contributed by atoms with Crippen molar-refractivity contribution in [3.63, 3.8) is 0 Å². The fourth-order valence-electron chi connectivity index (χ4n) is 2.06. The smallest absolute Gasteiger partial charge is 0.164 e. The zero-order valence-electron chi connectivity index (χ0n) is 11.1. The van der Waals surface area contributed by atoms with Crippen molar-refractivity contribution in [3.05, 3.63) is 59.9 Å². The Morgan fingerprint density at radius 1 is 1.26 bits per heavy atom. The molecule has 1 N–H and O–H groups in total. The Kier molecular flexibility index (Phi) is 4.53. The lowest BCUT2D eigenvalue weighted by Crippen LogP contribution is -2.03. The molecule has 0 fully saturated rings. The van der Waals surface area contributed by atoms with Gasteiger partial charge in [-0.3, -0.25) is 4.79 Å². The summed E-state index contributed by atoms with van der Waals surface area (Å²) in [5.41, 5.74) is 1.68. The SMILES string of the molecule is CCC(=O)c1ccn(CC[C@@H](O)c2ccccc2)c1. The van der Waals surface area contributed by atoms with Crippen molar-refractivity contribution < 1.29 is 9.90 Å². The van der Waals surface area contributed by atoms with E-state index >= 15 is 0 Å². The van der Waals surface area contributed by atoms with E-state index in [1.54, 1.807) is 0 Å². The first-order valence-corrected chi connectivity index (χ1v) is 6.62. The van der Waals surface area contributed by atoms with E-state index in [0.29, 0.717) is 19.4 Å². The van der Waals surface area contributed by atoms with Crippen LogP contribution in [0, 0.1) is 0 Å². The van der Waals surface area contributed by atoms with Crippen LogP contribution in [0.25, 0.3) is 0 Å². The predicted octanol–water partition coefficient (Wildman–Crippen LogP) is 3.20. The van der Waals surface area contributed by atoms with Gasteiger partial charge in [0.2, 0.25) is 0 Å². The average Bonchev–Trinajstić information content (AvgIpc) is 2.93. The summed E-state index contributed by atoms with van der Waals surface area (Å²) >= 11 is 0. The number of benzene rings is 1. The minimum absolute atomic E-state index is 0.155. The van der Waals surface area contributed by atoms with Gasteiger partial charge < -0.3 is 9.67 Å². The molecular formula is C16H19NO2. The monoisotopic (exact) mass is 257 g/mol. The highest BCUT2D eigenvalue weighted by Gasteiger charge is 2.08. The van der Waals surface area contributed by atoms with Gasteiger partial charge in [0.05, 0.1) is 6.10 Å². The number of ketones is 1. The van der Waals surface area contributed by atoms with E-state index in [0.717, 1.165) is 11.1 Å². The molecular weight excluding hydrogens is 238 g/mol. The van der Waals surface area contributed by atoms with E-state index in [1.165, 1.54) is 0 Å². The van der Waals surface area contributed by atoms with Crippen LogP contribution in [0.5, 0.6) is 0 Å². The molecule has 0 spiro atoms. The molecule has 1 heterocycles. The molecule has 0 bridgehead atoms. The lowest BCUT2D eigenvalue weighted by atomic mass is 10.1. The molecule has 100 valence electrons. The number of rotatable bonds is 6. The summed E-state index contributed by atoms with van der Waals surface area (Å²) in [6.07, 6.45) is 4.44. The number of hydrogen-bond donors (Lipinski definition) is 1. The molecule has 0 saturated carbocycles. The quantitative estimate of drug-likeness (QED) is 0.807. The molecule has 3 heteroatoms. The predicted molar refractivity (Wildman–Crippen MR) is 75.1 cm³/mol. The van der Waals surface area contributed by atoms with E-state index < -0.39 is 6.10 Å². The Labute approximate surface area is 113 Å². The summed E-state index contributed by atoms with van der Waals surface area (Å²) in [6, 6.07) is 11.5. The standard InChI is InChI=1S/C16H19NO2/c1-2-15(18)14-8-10-17(12-14)11-9-16(19)13-6-4-3-5-7-13/h3-8,10,12,16,19H,2,9,11H2,1H3/t16-/m1/s1. The number of Topliss-reactive ketones (excluding diaryl/α,β-unsaturated/α-hetero) is 1. The van der Waals surface area contributed by atoms with Gasteiger partial charge in [0.15, 0.2) is 5.78 Å². The van der Waals surface area contributed by atoms with Gasteiger partial charge in [-0.05, 0) is 18.1 Å². The third-order valence-electron chi connectivity index (χ3n) is 3.24. The largest absolute Gasteiger partial charge is 0.388 e. The summed E-state index contributed by atoms with van der Waals surface area (Å²) < 4.78 is 1.95. The summed E-state index contributed by atoms with van der Waals surface area (Å²) in [7, 11) is 0. The Morgan fingerprint density at radius 3 is 2.68 bits per heavy atom. The first kappa shape index (κ1) is 13.6. The number of hydrogen-bond acceptors (Lipinski definition) is 2. The van der Waals surface area contributed by atoms with Gasteiger partial charge in [0.25, 0.3) is 0 Å². The molecule has 19 heavy (non-hydrogen) atoms. The van der Waals surface area contributed by atoms with Crippen molar-refractivity contribution in [2.24, 2.45) is 0 Å². The Bertz CT molecular complexity index is 531. The van der Waals surface area contributed by atoms with Crippen molar-refractivity contribution in [1.82, 2.24) is 4.57 Å². The van der Waals surface area contributed by atoms with Gasteiger partial charge in [-0.2, -0.15) is 0 Å². The number of nitrogens with zero attached hydrogens (tertiary/aromatic N) is 1. The normalized spacial score (nSPS) is 12.3. The van der Waals surface area contributed by atoms with E-state index in [2.05, 4.69) is 0 Å². The van der Waals surface area contributed by atoms with Crippen LogP contribution in [0.1, 0.15) is 41.8 Å². The van der Waals surface area contributed by atoms with Gasteiger partial charge >= 0.3 is 0 Å². The van der Waals surface area contributed by atoms with E-state index in [1.807, 2.05) is 60.3 Å². The molecule has 2 aromatic rings. The second-order valence-corrected chi connectivity index (χ2v) is 4.63. The summed E-state index contributed by atoms with van der Waals surface area (Å²) in [6.45, 7) is 2.56. The number of aliphatic hydroxyl groups is 1. The number of carbonyl (C=O) groups excluding carboxylic acids is 1. The maximum atomic E-state index is 11.5. The molecule has 0 aliphatic carbocycles. The first-order valence-electron chi connectivity index (χ1n) is 6.62. The summed E-state index contributed by atoms with van der Waals surface area (Å²) in [5, 5.41) is 10.1. The molecule has 0 aliphatic rings. The average molecular weight is 257 g/mol. The van der Waals surface area contributed by atoms with Gasteiger partial charge in [-0.1, -0.05) is 37.3 Å². The van der Waals surface area contributed by atoms with Gasteiger partial charge in [0, 0.05) is 30.9 Å². The molecule has 0 aliphatic heterocycles. The van der Waals surface area contributed by atoms with Crippen LogP contribution in [-0.4, -0.2) is 15.5 Å². The zero-order chi connectivity index (χ0) is 13.7. The van der Waals surface area contributed by atoms with Crippen LogP contribution < -0.4 is 0 Å². The maximum absolute atomic E-state index is 11.5. The molecule has 0 radical (unpaired) electrons. The van der Waals surface area contributed by atoms with Crippen LogP contribution in [-0.2, 0) is 6.54 Å². The van der Waals surface area contributed by atoms with Crippen LogP contribution in [0.15, 0.2) is 48.8 Å². The lowest BCUT2D eigenvalue weighted by Gasteiger charge is -2.11. The van der Waals surface area contributed by atoms with E-state index in [9.17, 15) is 9.90 Å². The van der Waals surface area contributed by atoms with Crippen molar-refractivity contribution in [3.8, 4) is 0 Å². The molecule has 0 unspecified atom stereocenters. The minimum Gasteiger partial charge on any atom is -0.388 e. The van der Waals surface area contributed by atoms with E-state index in [4.69, 9.17) is 0 Å². The minimum atomic E-state index is -0.464. The summed E-state index contributed by atoms with van der Waals surface area (Å²) in [5.74, 6) is 0.155. The van der Waals surface area contributed by atoms with Crippen molar-refractivity contribution in [2.75, 3.05) is 0 Å². The van der Waals surface area contributed by atoms with Crippen LogP contribution in [0.4, 0.5) is 0 Å². The Balaban J connectivity index is 1.92. The van der Waals surface area contributed by atoms with Crippen LogP contribution in [0.3, 0.4) is 0 Å². The Morgan fingerprint density at radius 2 is 2.00 bits per heavy atom. The fourth-order valence-corrected chi connectivity index (χ4v) is 2.06. The number of aryl methyl sites for hydroxylation is 1. The van der Waals surface area contributed by atoms with Gasteiger partial charge in [0.1, 0.15) is 0 Å². The van der Waals surface area contributed by atoms with Crippen molar-refractivity contribution in [2.45, 2.75) is 32.4 Å². The third-order valence-corrected chi connectivity index (χ3v) is 3.24. The molecule has 1 aromatic carbocycles. The lowest BCUT2D eigenvalue weighted by molar-refractivity contribution is 0.0988. The summed E-state index contributed by atoms with van der Waals surface area (Å²) in [4.78, 5) is 11.5. The highest BCUT2D eigenvalue weighted by Crippen LogP contribution is 2.17. The highest BCUT2D eigenvalue weighted by molar-refractivity contribution is 5.95. The molecule has 1 atom stereocenters.